The number of fused-ring (bicyclic) bond motifs is 3. The van der Waals surface area contributed by atoms with Crippen molar-refractivity contribution in [3.8, 4) is 0 Å². The molecule has 0 N–H and O–H groups in total. The Balaban J connectivity index is 1.55. The van der Waals surface area contributed by atoms with Gasteiger partial charge in [0.05, 0.1) is 0 Å². The van der Waals surface area contributed by atoms with Crippen LogP contribution in [-0.4, -0.2) is 5.78 Å². The molecule has 0 heterocycles. The molecular weight excluding hydrogens is 328 g/mol. The van der Waals surface area contributed by atoms with Gasteiger partial charge < -0.3 is 0 Å². The fourth-order valence-electron chi connectivity index (χ4n) is 5.70. The summed E-state index contributed by atoms with van der Waals surface area (Å²) in [6.45, 7) is 0. The Kier molecular flexibility index (Phi) is 2.97. The van der Waals surface area contributed by atoms with Crippen molar-refractivity contribution in [3.63, 3.8) is 0 Å². The first-order valence-electron chi connectivity index (χ1n) is 9.79. The number of benzene rings is 4. The predicted octanol–water partition coefficient (Wildman–Crippen LogP) is 6.01. The summed E-state index contributed by atoms with van der Waals surface area (Å²) in [7, 11) is 0. The lowest BCUT2D eigenvalue weighted by atomic mass is 9.85. The van der Waals surface area contributed by atoms with Crippen molar-refractivity contribution in [2.45, 2.75) is 24.2 Å². The Morgan fingerprint density at radius 2 is 1.44 bits per heavy atom. The number of ketones is 1. The minimum absolute atomic E-state index is 0.0135. The van der Waals surface area contributed by atoms with Crippen LogP contribution in [0, 0.1) is 5.92 Å². The molecule has 2 fully saturated rings. The fraction of sp³-hybridized carbons (Fsp3) is 0.192. The Morgan fingerprint density at radius 3 is 2.33 bits per heavy atom. The van der Waals surface area contributed by atoms with Gasteiger partial charge in [0, 0.05) is 23.7 Å². The van der Waals surface area contributed by atoms with Crippen LogP contribution in [-0.2, 0) is 10.2 Å². The first kappa shape index (κ1) is 15.2. The van der Waals surface area contributed by atoms with Gasteiger partial charge in [-0.3, -0.25) is 4.79 Å². The van der Waals surface area contributed by atoms with E-state index < -0.39 is 0 Å². The molecule has 3 atom stereocenters. The molecule has 0 aromatic heterocycles. The molecule has 1 unspecified atom stereocenters. The van der Waals surface area contributed by atoms with Crippen molar-refractivity contribution in [1.82, 2.24) is 0 Å². The highest BCUT2D eigenvalue weighted by Gasteiger charge is 2.71. The van der Waals surface area contributed by atoms with E-state index in [9.17, 15) is 4.79 Å². The molecule has 2 saturated carbocycles. The fourth-order valence-corrected chi connectivity index (χ4v) is 5.70. The summed E-state index contributed by atoms with van der Waals surface area (Å²) in [6, 6.07) is 30.4. The van der Waals surface area contributed by atoms with E-state index >= 15 is 0 Å². The Hall–Kier alpha value is -2.93. The summed E-state index contributed by atoms with van der Waals surface area (Å²) in [5, 5.41) is 5.10. The van der Waals surface area contributed by atoms with Crippen molar-refractivity contribution in [3.05, 3.63) is 96.1 Å². The van der Waals surface area contributed by atoms with E-state index in [1.807, 2.05) is 0 Å². The van der Waals surface area contributed by atoms with Crippen LogP contribution in [0.4, 0.5) is 0 Å². The zero-order valence-electron chi connectivity index (χ0n) is 15.1. The van der Waals surface area contributed by atoms with Crippen LogP contribution in [0.25, 0.3) is 21.5 Å². The number of hydrogen-bond donors (Lipinski definition) is 0. The van der Waals surface area contributed by atoms with Crippen molar-refractivity contribution in [1.29, 1.82) is 0 Å². The summed E-state index contributed by atoms with van der Waals surface area (Å²) < 4.78 is 0. The summed E-state index contributed by atoms with van der Waals surface area (Å²) in [6.07, 6.45) is 1.69. The predicted molar refractivity (Wildman–Crippen MR) is 110 cm³/mol. The minimum Gasteiger partial charge on any atom is -0.299 e. The second-order valence-corrected chi connectivity index (χ2v) is 8.10. The van der Waals surface area contributed by atoms with Crippen LogP contribution in [0.5, 0.6) is 0 Å². The Bertz CT molecular complexity index is 1220. The maximum atomic E-state index is 12.8. The summed E-state index contributed by atoms with van der Waals surface area (Å²) in [5.41, 5.74) is 2.68. The maximum absolute atomic E-state index is 12.8. The third-order valence-corrected chi connectivity index (χ3v) is 6.89. The molecule has 2 aliphatic rings. The lowest BCUT2D eigenvalue weighted by Gasteiger charge is -2.18. The molecule has 1 heteroatoms. The summed E-state index contributed by atoms with van der Waals surface area (Å²) in [5.74, 6) is 0.903. The number of hydrogen-bond acceptors (Lipinski definition) is 1. The van der Waals surface area contributed by atoms with Crippen molar-refractivity contribution in [2.75, 3.05) is 0 Å². The van der Waals surface area contributed by atoms with Crippen molar-refractivity contribution >= 4 is 27.3 Å². The van der Waals surface area contributed by atoms with Crippen LogP contribution < -0.4 is 0 Å². The first-order valence-corrected chi connectivity index (χ1v) is 9.79. The summed E-state index contributed by atoms with van der Waals surface area (Å²) >= 11 is 0. The number of carbonyl (C=O) groups is 1. The van der Waals surface area contributed by atoms with Gasteiger partial charge in [-0.2, -0.15) is 0 Å². The van der Waals surface area contributed by atoms with E-state index in [4.69, 9.17) is 0 Å². The van der Waals surface area contributed by atoms with Gasteiger partial charge in [-0.05, 0) is 39.1 Å². The van der Waals surface area contributed by atoms with Gasteiger partial charge in [0.1, 0.15) is 5.78 Å². The number of rotatable bonds is 2. The average Bonchev–Trinajstić information content (AvgIpc) is 3.30. The van der Waals surface area contributed by atoms with E-state index in [1.165, 1.54) is 32.7 Å². The second kappa shape index (κ2) is 5.29. The van der Waals surface area contributed by atoms with Crippen LogP contribution >= 0.6 is 0 Å². The Labute approximate surface area is 158 Å². The molecule has 1 nitrogen and oxygen atoms in total. The third kappa shape index (κ3) is 1.97. The minimum atomic E-state index is -0.0135. The first-order chi connectivity index (χ1) is 13.3. The second-order valence-electron chi connectivity index (χ2n) is 8.10. The molecule has 2 aliphatic carbocycles. The lowest BCUT2D eigenvalue weighted by molar-refractivity contribution is -0.119. The standard InChI is InChI=1S/C26H20O/c27-23-14-15-26(22-11-5-9-18-7-3-4-10-21(18)22)24(25(23)26)20-13-12-17-6-1-2-8-19(17)16-20/h1-13,16,24-25H,14-15H2/t24-,25?,26-/m1/s1. The van der Waals surface area contributed by atoms with Crippen molar-refractivity contribution < 1.29 is 4.79 Å². The molecule has 130 valence electrons. The van der Waals surface area contributed by atoms with E-state index in [0.717, 1.165) is 12.8 Å². The molecule has 0 aliphatic heterocycles. The van der Waals surface area contributed by atoms with Gasteiger partial charge in [-0.25, -0.2) is 0 Å². The molecular formula is C26H20O. The topological polar surface area (TPSA) is 17.1 Å². The van der Waals surface area contributed by atoms with Crippen LogP contribution in [0.1, 0.15) is 29.9 Å². The summed E-state index contributed by atoms with van der Waals surface area (Å²) in [4.78, 5) is 12.8. The maximum Gasteiger partial charge on any atom is 0.137 e. The number of Topliss-reactive ketones (excluding diaryl/α,β-unsaturated/α-hetero) is 1. The van der Waals surface area contributed by atoms with Crippen molar-refractivity contribution in [2.24, 2.45) is 5.92 Å². The van der Waals surface area contributed by atoms with Crippen LogP contribution in [0.15, 0.2) is 84.9 Å². The molecule has 0 saturated heterocycles. The van der Waals surface area contributed by atoms with Gasteiger partial charge in [-0.1, -0.05) is 84.9 Å². The molecule has 6 rings (SSSR count). The molecule has 4 aromatic carbocycles. The molecule has 0 radical (unpaired) electrons. The lowest BCUT2D eigenvalue weighted by Crippen LogP contribution is -2.09. The zero-order chi connectivity index (χ0) is 18.0. The van der Waals surface area contributed by atoms with E-state index in [0.29, 0.717) is 11.7 Å². The highest BCUT2D eigenvalue weighted by molar-refractivity contribution is 5.97. The number of carbonyl (C=O) groups excluding carboxylic acids is 1. The average molecular weight is 348 g/mol. The molecule has 0 amide bonds. The third-order valence-electron chi connectivity index (χ3n) is 6.89. The van der Waals surface area contributed by atoms with E-state index in [1.54, 1.807) is 0 Å². The van der Waals surface area contributed by atoms with Crippen LogP contribution in [0.3, 0.4) is 0 Å². The quantitative estimate of drug-likeness (QED) is 0.434. The molecule has 4 aromatic rings. The highest BCUT2D eigenvalue weighted by Crippen LogP contribution is 2.72. The Morgan fingerprint density at radius 1 is 0.704 bits per heavy atom. The van der Waals surface area contributed by atoms with Crippen LogP contribution in [0.2, 0.25) is 0 Å². The monoisotopic (exact) mass is 348 g/mol. The smallest absolute Gasteiger partial charge is 0.137 e. The largest absolute Gasteiger partial charge is 0.299 e. The zero-order valence-corrected chi connectivity index (χ0v) is 15.1. The van der Waals surface area contributed by atoms with Gasteiger partial charge in [-0.15, -0.1) is 0 Å². The highest BCUT2D eigenvalue weighted by atomic mass is 16.1. The molecule has 27 heavy (non-hydrogen) atoms. The van der Waals surface area contributed by atoms with Gasteiger partial charge in [0.2, 0.25) is 0 Å². The van der Waals surface area contributed by atoms with Gasteiger partial charge in [0.15, 0.2) is 0 Å². The molecule has 0 bridgehead atoms. The van der Waals surface area contributed by atoms with E-state index in [2.05, 4.69) is 84.9 Å². The normalized spacial score (nSPS) is 26.4. The van der Waals surface area contributed by atoms with Gasteiger partial charge >= 0.3 is 0 Å². The van der Waals surface area contributed by atoms with E-state index in [-0.39, 0.29) is 11.3 Å². The molecule has 0 spiro atoms. The SMILES string of the molecule is O=C1CC[C@]2(c3cccc4ccccc34)C1[C@H]2c1ccc2ccccc2c1. The van der Waals surface area contributed by atoms with Gasteiger partial charge in [0.25, 0.3) is 0 Å².